The standard InChI is InChI=1S/C11H7Br2ClN2OS/c12-9-4-6(10(13)18-9)11(17)16-5-1-2-7(14)8(15)3-5/h1-4H,15H2,(H,16,17). The average molecular weight is 411 g/mol. The van der Waals surface area contributed by atoms with Crippen LogP contribution in [-0.2, 0) is 0 Å². The highest BCUT2D eigenvalue weighted by atomic mass is 79.9. The molecule has 94 valence electrons. The lowest BCUT2D eigenvalue weighted by Gasteiger charge is -2.06. The maximum Gasteiger partial charge on any atom is 0.257 e. The van der Waals surface area contributed by atoms with Gasteiger partial charge in [-0.3, -0.25) is 4.79 Å². The minimum absolute atomic E-state index is 0.203. The number of rotatable bonds is 2. The quantitative estimate of drug-likeness (QED) is 0.702. The molecule has 18 heavy (non-hydrogen) atoms. The Bertz CT molecular complexity index is 615. The molecule has 0 aliphatic carbocycles. The number of hydrogen-bond donors (Lipinski definition) is 2. The van der Waals surface area contributed by atoms with E-state index in [0.29, 0.717) is 22.0 Å². The van der Waals surface area contributed by atoms with Crippen LogP contribution in [-0.4, -0.2) is 5.91 Å². The Labute approximate surface area is 130 Å². The van der Waals surface area contributed by atoms with E-state index in [4.69, 9.17) is 17.3 Å². The Balaban J connectivity index is 2.21. The van der Waals surface area contributed by atoms with Gasteiger partial charge in [-0.25, -0.2) is 0 Å². The normalized spacial score (nSPS) is 10.4. The molecule has 0 atom stereocenters. The van der Waals surface area contributed by atoms with Gasteiger partial charge in [0, 0.05) is 5.69 Å². The van der Waals surface area contributed by atoms with E-state index in [1.54, 1.807) is 24.3 Å². The summed E-state index contributed by atoms with van der Waals surface area (Å²) in [6.07, 6.45) is 0. The molecule has 0 aliphatic heterocycles. The van der Waals surface area contributed by atoms with Crippen LogP contribution in [0.1, 0.15) is 10.4 Å². The zero-order chi connectivity index (χ0) is 13.3. The number of nitrogens with one attached hydrogen (secondary N) is 1. The lowest BCUT2D eigenvalue weighted by Crippen LogP contribution is -2.11. The van der Waals surface area contributed by atoms with Crippen LogP contribution >= 0.6 is 54.8 Å². The van der Waals surface area contributed by atoms with Crippen molar-refractivity contribution < 1.29 is 4.79 Å². The van der Waals surface area contributed by atoms with Crippen LogP contribution in [0.4, 0.5) is 11.4 Å². The number of anilines is 2. The molecule has 1 aromatic carbocycles. The summed E-state index contributed by atoms with van der Waals surface area (Å²) in [5.74, 6) is -0.203. The third kappa shape index (κ3) is 3.06. The van der Waals surface area contributed by atoms with Gasteiger partial charge in [0.1, 0.15) is 0 Å². The maximum absolute atomic E-state index is 12.0. The van der Waals surface area contributed by atoms with Crippen LogP contribution in [0.5, 0.6) is 0 Å². The van der Waals surface area contributed by atoms with E-state index in [-0.39, 0.29) is 5.91 Å². The second-order valence-corrected chi connectivity index (χ2v) is 7.58. The van der Waals surface area contributed by atoms with E-state index >= 15 is 0 Å². The average Bonchev–Trinajstić information content (AvgIpc) is 2.63. The Morgan fingerprint density at radius 3 is 2.61 bits per heavy atom. The molecule has 0 spiro atoms. The van der Waals surface area contributed by atoms with E-state index in [2.05, 4.69) is 37.2 Å². The summed E-state index contributed by atoms with van der Waals surface area (Å²) < 4.78 is 1.66. The summed E-state index contributed by atoms with van der Waals surface area (Å²) in [6.45, 7) is 0. The lowest BCUT2D eigenvalue weighted by molar-refractivity contribution is 0.102. The van der Waals surface area contributed by atoms with Crippen molar-refractivity contribution in [1.29, 1.82) is 0 Å². The van der Waals surface area contributed by atoms with Crippen molar-refractivity contribution in [3.63, 3.8) is 0 Å². The molecule has 0 radical (unpaired) electrons. The summed E-state index contributed by atoms with van der Waals surface area (Å²) >= 11 is 13.9. The van der Waals surface area contributed by atoms with Crippen molar-refractivity contribution in [2.45, 2.75) is 0 Å². The van der Waals surface area contributed by atoms with E-state index in [0.717, 1.165) is 7.57 Å². The Morgan fingerprint density at radius 1 is 1.33 bits per heavy atom. The summed E-state index contributed by atoms with van der Waals surface area (Å²) in [5.41, 5.74) is 7.28. The number of nitrogen functional groups attached to an aromatic ring is 1. The molecule has 0 aliphatic rings. The Kier molecular flexibility index (Phi) is 4.32. The molecule has 7 heteroatoms. The number of carbonyl (C=O) groups is 1. The second-order valence-electron chi connectivity index (χ2n) is 3.43. The maximum atomic E-state index is 12.0. The summed E-state index contributed by atoms with van der Waals surface area (Å²) in [5, 5.41) is 3.22. The number of carbonyl (C=O) groups excluding carboxylic acids is 1. The minimum Gasteiger partial charge on any atom is -0.397 e. The fourth-order valence-electron chi connectivity index (χ4n) is 1.32. The first-order valence-electron chi connectivity index (χ1n) is 4.78. The zero-order valence-corrected chi connectivity index (χ0v) is 13.6. The lowest BCUT2D eigenvalue weighted by atomic mass is 10.2. The van der Waals surface area contributed by atoms with E-state index < -0.39 is 0 Å². The van der Waals surface area contributed by atoms with Gasteiger partial charge in [0.05, 0.1) is 23.8 Å². The molecule has 3 nitrogen and oxygen atoms in total. The first-order valence-corrected chi connectivity index (χ1v) is 7.56. The number of hydrogen-bond acceptors (Lipinski definition) is 3. The molecular weight excluding hydrogens is 403 g/mol. The van der Waals surface area contributed by atoms with Crippen molar-refractivity contribution in [2.24, 2.45) is 0 Å². The molecule has 3 N–H and O–H groups in total. The smallest absolute Gasteiger partial charge is 0.257 e. The van der Waals surface area contributed by atoms with Crippen molar-refractivity contribution in [2.75, 3.05) is 11.1 Å². The number of halogens is 3. The highest BCUT2D eigenvalue weighted by Gasteiger charge is 2.14. The molecule has 1 heterocycles. The van der Waals surface area contributed by atoms with Gasteiger partial charge in [-0.05, 0) is 56.1 Å². The van der Waals surface area contributed by atoms with Gasteiger partial charge in [0.2, 0.25) is 0 Å². The highest BCUT2D eigenvalue weighted by Crippen LogP contribution is 2.32. The number of nitrogens with two attached hydrogens (primary N) is 1. The molecule has 0 fully saturated rings. The number of amides is 1. The molecule has 1 amide bonds. The van der Waals surface area contributed by atoms with E-state index in [1.807, 2.05) is 0 Å². The van der Waals surface area contributed by atoms with Crippen molar-refractivity contribution in [3.8, 4) is 0 Å². The summed E-state index contributed by atoms with van der Waals surface area (Å²) in [6, 6.07) is 6.72. The summed E-state index contributed by atoms with van der Waals surface area (Å²) in [4.78, 5) is 12.0. The van der Waals surface area contributed by atoms with E-state index in [1.165, 1.54) is 11.3 Å². The van der Waals surface area contributed by atoms with Gasteiger partial charge in [0.25, 0.3) is 5.91 Å². The van der Waals surface area contributed by atoms with Gasteiger partial charge in [-0.2, -0.15) is 0 Å². The Morgan fingerprint density at radius 2 is 2.06 bits per heavy atom. The predicted octanol–water partition coefficient (Wildman–Crippen LogP) is 4.76. The van der Waals surface area contributed by atoms with Crippen molar-refractivity contribution in [1.82, 2.24) is 0 Å². The van der Waals surface area contributed by atoms with Gasteiger partial charge in [-0.1, -0.05) is 11.6 Å². The molecule has 0 saturated heterocycles. The molecule has 0 unspecified atom stereocenters. The molecule has 0 saturated carbocycles. The monoisotopic (exact) mass is 408 g/mol. The van der Waals surface area contributed by atoms with E-state index in [9.17, 15) is 4.79 Å². The highest BCUT2D eigenvalue weighted by molar-refractivity contribution is 9.12. The Hall–Kier alpha value is -0.560. The van der Waals surface area contributed by atoms with Crippen LogP contribution in [0.2, 0.25) is 5.02 Å². The van der Waals surface area contributed by atoms with Crippen LogP contribution < -0.4 is 11.1 Å². The fraction of sp³-hybridized carbons (Fsp3) is 0. The topological polar surface area (TPSA) is 55.1 Å². The van der Waals surface area contributed by atoms with Gasteiger partial charge >= 0.3 is 0 Å². The van der Waals surface area contributed by atoms with Gasteiger partial charge in [0.15, 0.2) is 0 Å². The van der Waals surface area contributed by atoms with Crippen LogP contribution in [0, 0.1) is 0 Å². The summed E-state index contributed by atoms with van der Waals surface area (Å²) in [7, 11) is 0. The minimum atomic E-state index is -0.203. The number of benzene rings is 1. The predicted molar refractivity (Wildman–Crippen MR) is 83.5 cm³/mol. The van der Waals surface area contributed by atoms with Crippen molar-refractivity contribution >= 4 is 72.1 Å². The third-order valence-corrected chi connectivity index (χ3v) is 4.84. The van der Waals surface area contributed by atoms with Crippen LogP contribution in [0.15, 0.2) is 31.8 Å². The van der Waals surface area contributed by atoms with Crippen LogP contribution in [0.25, 0.3) is 0 Å². The fourth-order valence-corrected chi connectivity index (χ4v) is 4.23. The first-order chi connectivity index (χ1) is 8.47. The molecule has 2 aromatic rings. The number of thiophene rings is 1. The van der Waals surface area contributed by atoms with Gasteiger partial charge in [-0.15, -0.1) is 11.3 Å². The largest absolute Gasteiger partial charge is 0.397 e. The van der Waals surface area contributed by atoms with Crippen molar-refractivity contribution in [3.05, 3.63) is 42.4 Å². The SMILES string of the molecule is Nc1cc(NC(=O)c2cc(Br)sc2Br)ccc1Cl. The zero-order valence-electron chi connectivity index (χ0n) is 8.84. The first kappa shape index (κ1) is 13.9. The van der Waals surface area contributed by atoms with Crippen LogP contribution in [0.3, 0.4) is 0 Å². The second kappa shape index (κ2) is 5.61. The van der Waals surface area contributed by atoms with Gasteiger partial charge < -0.3 is 11.1 Å². The molecule has 2 rings (SSSR count). The molecule has 1 aromatic heterocycles. The third-order valence-electron chi connectivity index (χ3n) is 2.16. The molecule has 0 bridgehead atoms. The molecular formula is C11H7Br2ClN2OS.